The lowest BCUT2D eigenvalue weighted by molar-refractivity contribution is 0.616. The molecule has 0 fully saturated rings. The number of halogens is 1. The molecule has 0 bridgehead atoms. The molecule has 3 aromatic rings. The summed E-state index contributed by atoms with van der Waals surface area (Å²) in [5, 5.41) is 5.19. The smallest absolute Gasteiger partial charge is 0.143 e. The molecule has 0 aliphatic carbocycles. The SMILES string of the molecule is Cn1ncc(Br)c1-c1cc(N)cc2ccoc12. The quantitative estimate of drug-likeness (QED) is 0.701. The van der Waals surface area contributed by atoms with Gasteiger partial charge in [0, 0.05) is 23.7 Å². The van der Waals surface area contributed by atoms with Gasteiger partial charge in [0.15, 0.2) is 0 Å². The highest BCUT2D eigenvalue weighted by Crippen LogP contribution is 2.35. The van der Waals surface area contributed by atoms with Gasteiger partial charge in [0.25, 0.3) is 0 Å². The number of furan rings is 1. The second-order valence-electron chi connectivity index (χ2n) is 3.87. The fourth-order valence-corrected chi connectivity index (χ4v) is 2.56. The number of nitrogens with zero attached hydrogens (tertiary/aromatic N) is 2. The van der Waals surface area contributed by atoms with Gasteiger partial charge in [0.05, 0.1) is 22.6 Å². The van der Waals surface area contributed by atoms with Crippen LogP contribution in [0.3, 0.4) is 0 Å². The van der Waals surface area contributed by atoms with Crippen molar-refractivity contribution in [3.8, 4) is 11.3 Å². The number of anilines is 1. The first-order valence-corrected chi connectivity index (χ1v) is 5.90. The predicted octanol–water partition coefficient (Wildman–Crippen LogP) is 3.18. The maximum absolute atomic E-state index is 5.90. The van der Waals surface area contributed by atoms with Crippen molar-refractivity contribution in [2.24, 2.45) is 7.05 Å². The summed E-state index contributed by atoms with van der Waals surface area (Å²) in [7, 11) is 1.89. The van der Waals surface area contributed by atoms with E-state index in [-0.39, 0.29) is 0 Å². The van der Waals surface area contributed by atoms with E-state index >= 15 is 0 Å². The molecule has 0 unspecified atom stereocenters. The van der Waals surface area contributed by atoms with Gasteiger partial charge in [-0.3, -0.25) is 4.68 Å². The summed E-state index contributed by atoms with van der Waals surface area (Å²) in [5.41, 5.74) is 9.33. The average molecular weight is 292 g/mol. The van der Waals surface area contributed by atoms with E-state index in [1.165, 1.54) is 0 Å². The lowest BCUT2D eigenvalue weighted by atomic mass is 10.1. The van der Waals surface area contributed by atoms with E-state index < -0.39 is 0 Å². The van der Waals surface area contributed by atoms with Crippen molar-refractivity contribution in [3.63, 3.8) is 0 Å². The number of hydrogen-bond donors (Lipinski definition) is 1. The van der Waals surface area contributed by atoms with Crippen molar-refractivity contribution < 1.29 is 4.42 Å². The molecule has 0 radical (unpaired) electrons. The Hall–Kier alpha value is -1.75. The molecule has 4 nitrogen and oxygen atoms in total. The van der Waals surface area contributed by atoms with Crippen LogP contribution in [0.2, 0.25) is 0 Å². The van der Waals surface area contributed by atoms with Crippen LogP contribution in [0, 0.1) is 0 Å². The zero-order chi connectivity index (χ0) is 12.0. The van der Waals surface area contributed by atoms with Gasteiger partial charge >= 0.3 is 0 Å². The molecule has 2 heterocycles. The van der Waals surface area contributed by atoms with Crippen molar-refractivity contribution in [1.82, 2.24) is 9.78 Å². The molecule has 17 heavy (non-hydrogen) atoms. The van der Waals surface area contributed by atoms with E-state index in [0.29, 0.717) is 5.69 Å². The molecule has 86 valence electrons. The van der Waals surface area contributed by atoms with Crippen molar-refractivity contribution in [2.45, 2.75) is 0 Å². The molecule has 0 atom stereocenters. The van der Waals surface area contributed by atoms with Gasteiger partial charge in [0.1, 0.15) is 5.58 Å². The normalized spacial score (nSPS) is 11.2. The summed E-state index contributed by atoms with van der Waals surface area (Å²) >= 11 is 3.49. The minimum absolute atomic E-state index is 0.710. The van der Waals surface area contributed by atoms with Gasteiger partial charge in [-0.15, -0.1) is 0 Å². The molecule has 2 N–H and O–H groups in total. The van der Waals surface area contributed by atoms with Gasteiger partial charge in [-0.2, -0.15) is 5.10 Å². The fraction of sp³-hybridized carbons (Fsp3) is 0.0833. The number of nitrogens with two attached hydrogens (primary N) is 1. The highest BCUT2D eigenvalue weighted by Gasteiger charge is 2.14. The third-order valence-corrected chi connectivity index (χ3v) is 3.30. The zero-order valence-electron chi connectivity index (χ0n) is 9.14. The van der Waals surface area contributed by atoms with Crippen LogP contribution in [0.4, 0.5) is 5.69 Å². The Morgan fingerprint density at radius 2 is 2.24 bits per heavy atom. The first-order chi connectivity index (χ1) is 8.16. The number of aromatic nitrogens is 2. The summed E-state index contributed by atoms with van der Waals surface area (Å²) in [6.07, 6.45) is 3.42. The lowest BCUT2D eigenvalue weighted by Crippen LogP contribution is -1.95. The molecule has 5 heteroatoms. The summed E-state index contributed by atoms with van der Waals surface area (Å²) in [4.78, 5) is 0. The van der Waals surface area contributed by atoms with Gasteiger partial charge in [-0.25, -0.2) is 0 Å². The van der Waals surface area contributed by atoms with Crippen LogP contribution in [-0.2, 0) is 7.05 Å². The van der Waals surface area contributed by atoms with Crippen LogP contribution >= 0.6 is 15.9 Å². The van der Waals surface area contributed by atoms with E-state index in [2.05, 4.69) is 21.0 Å². The van der Waals surface area contributed by atoms with Crippen LogP contribution in [0.1, 0.15) is 0 Å². The first-order valence-electron chi connectivity index (χ1n) is 5.11. The maximum Gasteiger partial charge on any atom is 0.143 e. The number of fused-ring (bicyclic) bond motifs is 1. The van der Waals surface area contributed by atoms with E-state index in [1.54, 1.807) is 17.1 Å². The lowest BCUT2D eigenvalue weighted by Gasteiger charge is -2.05. The molecule has 0 amide bonds. The fourth-order valence-electron chi connectivity index (χ4n) is 1.99. The molecule has 1 aromatic carbocycles. The van der Waals surface area contributed by atoms with Crippen LogP contribution in [0.25, 0.3) is 22.2 Å². The topological polar surface area (TPSA) is 57.0 Å². The van der Waals surface area contributed by atoms with Gasteiger partial charge < -0.3 is 10.2 Å². The molecule has 0 saturated carbocycles. The van der Waals surface area contributed by atoms with E-state index in [4.69, 9.17) is 10.2 Å². The van der Waals surface area contributed by atoms with Gasteiger partial charge in [-0.05, 0) is 34.1 Å². The maximum atomic E-state index is 5.90. The summed E-state index contributed by atoms with van der Waals surface area (Å²) < 4.78 is 8.23. The standard InChI is InChI=1S/C12H10BrN3O/c1-16-11(10(13)6-15-16)9-5-8(14)4-7-2-3-17-12(7)9/h2-6H,14H2,1H3. The number of benzene rings is 1. The Labute approximate surface area is 106 Å². The zero-order valence-corrected chi connectivity index (χ0v) is 10.7. The molecule has 2 aromatic heterocycles. The number of hydrogen-bond acceptors (Lipinski definition) is 3. The van der Waals surface area contributed by atoms with Crippen molar-refractivity contribution in [2.75, 3.05) is 5.73 Å². The molecule has 0 saturated heterocycles. The second-order valence-corrected chi connectivity index (χ2v) is 4.73. The molecule has 0 spiro atoms. The largest absolute Gasteiger partial charge is 0.464 e. The Morgan fingerprint density at radius 1 is 1.41 bits per heavy atom. The molecular formula is C12H10BrN3O. The average Bonchev–Trinajstić information content (AvgIpc) is 2.85. The Kier molecular flexibility index (Phi) is 2.22. The molecule has 3 rings (SSSR count). The molecule has 0 aliphatic rings. The van der Waals surface area contributed by atoms with E-state index in [1.807, 2.05) is 25.2 Å². The Balaban J connectivity index is 2.40. The van der Waals surface area contributed by atoms with E-state index in [9.17, 15) is 0 Å². The predicted molar refractivity (Wildman–Crippen MR) is 70.5 cm³/mol. The second kappa shape index (κ2) is 3.63. The minimum Gasteiger partial charge on any atom is -0.464 e. The number of nitrogen functional groups attached to an aromatic ring is 1. The monoisotopic (exact) mass is 291 g/mol. The summed E-state index contributed by atoms with van der Waals surface area (Å²) in [6, 6.07) is 5.69. The van der Waals surface area contributed by atoms with Crippen molar-refractivity contribution in [3.05, 3.63) is 35.1 Å². The van der Waals surface area contributed by atoms with Gasteiger partial charge in [0.2, 0.25) is 0 Å². The van der Waals surface area contributed by atoms with Crippen LogP contribution in [-0.4, -0.2) is 9.78 Å². The minimum atomic E-state index is 0.710. The number of rotatable bonds is 1. The van der Waals surface area contributed by atoms with E-state index in [0.717, 1.165) is 26.7 Å². The summed E-state index contributed by atoms with van der Waals surface area (Å²) in [6.45, 7) is 0. The third-order valence-electron chi connectivity index (χ3n) is 2.72. The third kappa shape index (κ3) is 1.54. The highest BCUT2D eigenvalue weighted by molar-refractivity contribution is 9.10. The Bertz CT molecular complexity index is 679. The van der Waals surface area contributed by atoms with Crippen LogP contribution in [0.15, 0.2) is 39.5 Å². The van der Waals surface area contributed by atoms with Crippen molar-refractivity contribution in [1.29, 1.82) is 0 Å². The Morgan fingerprint density at radius 3 is 2.94 bits per heavy atom. The van der Waals surface area contributed by atoms with Crippen LogP contribution in [0.5, 0.6) is 0 Å². The molecular weight excluding hydrogens is 282 g/mol. The highest BCUT2D eigenvalue weighted by atomic mass is 79.9. The molecule has 0 aliphatic heterocycles. The van der Waals surface area contributed by atoms with Gasteiger partial charge in [-0.1, -0.05) is 0 Å². The first kappa shape index (κ1) is 10.4. The number of aryl methyl sites for hydroxylation is 1. The van der Waals surface area contributed by atoms with Crippen LogP contribution < -0.4 is 5.73 Å². The van der Waals surface area contributed by atoms with Crippen molar-refractivity contribution >= 4 is 32.6 Å². The summed E-state index contributed by atoms with van der Waals surface area (Å²) in [5.74, 6) is 0.